The molecule has 0 aliphatic carbocycles. The molecule has 0 spiro atoms. The van der Waals surface area contributed by atoms with E-state index in [0.717, 1.165) is 5.56 Å². The molecule has 0 saturated carbocycles. The van der Waals surface area contributed by atoms with E-state index in [9.17, 15) is 4.79 Å². The second kappa shape index (κ2) is 7.28. The Hall–Kier alpha value is -3.46. The van der Waals surface area contributed by atoms with Gasteiger partial charge < -0.3 is 15.2 Å². The number of fused-ring (bicyclic) bond motifs is 1. The van der Waals surface area contributed by atoms with E-state index < -0.39 is 0 Å². The highest BCUT2D eigenvalue weighted by Gasteiger charge is 2.31. The Morgan fingerprint density at radius 1 is 1.29 bits per heavy atom. The van der Waals surface area contributed by atoms with E-state index in [1.54, 1.807) is 47.4 Å². The van der Waals surface area contributed by atoms with Gasteiger partial charge in [0.05, 0.1) is 62.0 Å². The molecule has 0 unspecified atom stereocenters. The van der Waals surface area contributed by atoms with Crippen molar-refractivity contribution in [1.82, 2.24) is 19.7 Å². The highest BCUT2D eigenvalue weighted by Crippen LogP contribution is 2.32. The molecule has 4 heterocycles. The molecular formula is C19H20N6O3. The number of anilines is 1. The number of aromatic nitrogens is 4. The molecule has 1 amide bonds. The van der Waals surface area contributed by atoms with Crippen molar-refractivity contribution < 1.29 is 14.3 Å². The summed E-state index contributed by atoms with van der Waals surface area (Å²) in [6, 6.07) is 5.42. The third kappa shape index (κ3) is 3.05. The first-order valence-corrected chi connectivity index (χ1v) is 8.86. The third-order valence-corrected chi connectivity index (χ3v) is 4.49. The van der Waals surface area contributed by atoms with E-state index in [0.29, 0.717) is 47.4 Å². The standard InChI is InChI=1S/C19H20N6O3/c1-3-28-18-17(27-2)6-12(7-21-18)15-5-4-14-16(23-15)10-25(19(14)26)13-8-22-24(9-13)11-20/h4-9H,3,10-11,20H2,1-2H3. The summed E-state index contributed by atoms with van der Waals surface area (Å²) in [5.74, 6) is 0.870. The maximum Gasteiger partial charge on any atom is 0.260 e. The SMILES string of the molecule is CCOc1ncc(-c2ccc3c(n2)CN(c2cnn(CN)c2)C3=O)cc1OC. The van der Waals surface area contributed by atoms with Gasteiger partial charge in [-0.2, -0.15) is 5.10 Å². The zero-order valence-corrected chi connectivity index (χ0v) is 15.6. The number of nitrogens with two attached hydrogens (primary N) is 1. The van der Waals surface area contributed by atoms with Crippen LogP contribution in [-0.4, -0.2) is 39.4 Å². The van der Waals surface area contributed by atoms with E-state index in [1.807, 2.05) is 13.0 Å². The average molecular weight is 380 g/mol. The summed E-state index contributed by atoms with van der Waals surface area (Å²) in [4.78, 5) is 23.4. The zero-order valence-electron chi connectivity index (χ0n) is 15.6. The monoisotopic (exact) mass is 380 g/mol. The molecule has 9 nitrogen and oxygen atoms in total. The van der Waals surface area contributed by atoms with Gasteiger partial charge in [-0.25, -0.2) is 4.98 Å². The molecule has 0 atom stereocenters. The quantitative estimate of drug-likeness (QED) is 0.695. The summed E-state index contributed by atoms with van der Waals surface area (Å²) in [5.41, 5.74) is 9.05. The van der Waals surface area contributed by atoms with Crippen LogP contribution in [0.4, 0.5) is 5.69 Å². The van der Waals surface area contributed by atoms with Crippen LogP contribution in [-0.2, 0) is 13.2 Å². The fourth-order valence-corrected chi connectivity index (χ4v) is 3.11. The van der Waals surface area contributed by atoms with E-state index in [-0.39, 0.29) is 12.6 Å². The Morgan fingerprint density at radius 2 is 2.14 bits per heavy atom. The molecule has 4 rings (SSSR count). The molecule has 3 aromatic rings. The highest BCUT2D eigenvalue weighted by molar-refractivity contribution is 6.09. The Kier molecular flexibility index (Phi) is 4.66. The molecule has 28 heavy (non-hydrogen) atoms. The smallest absolute Gasteiger partial charge is 0.260 e. The van der Waals surface area contributed by atoms with E-state index in [4.69, 9.17) is 15.2 Å². The minimum absolute atomic E-state index is 0.104. The average Bonchev–Trinajstić information content (AvgIpc) is 3.32. The van der Waals surface area contributed by atoms with Crippen LogP contribution < -0.4 is 20.1 Å². The summed E-state index contributed by atoms with van der Waals surface area (Å²) < 4.78 is 12.4. The largest absolute Gasteiger partial charge is 0.491 e. The van der Waals surface area contributed by atoms with Crippen molar-refractivity contribution in [2.75, 3.05) is 18.6 Å². The van der Waals surface area contributed by atoms with Crippen LogP contribution in [0.2, 0.25) is 0 Å². The van der Waals surface area contributed by atoms with Crippen LogP contribution in [0.25, 0.3) is 11.3 Å². The molecular weight excluding hydrogens is 360 g/mol. The van der Waals surface area contributed by atoms with Gasteiger partial charge in [0.2, 0.25) is 0 Å². The van der Waals surface area contributed by atoms with Crippen LogP contribution in [0.3, 0.4) is 0 Å². The molecule has 9 heteroatoms. The number of pyridine rings is 2. The van der Waals surface area contributed by atoms with Crippen molar-refractivity contribution in [3.05, 3.63) is 48.0 Å². The number of carbonyl (C=O) groups excluding carboxylic acids is 1. The van der Waals surface area contributed by atoms with Gasteiger partial charge in [-0.1, -0.05) is 0 Å². The number of nitrogens with zero attached hydrogens (tertiary/aromatic N) is 5. The zero-order chi connectivity index (χ0) is 19.7. The van der Waals surface area contributed by atoms with Crippen molar-refractivity contribution in [2.45, 2.75) is 20.1 Å². The Bertz CT molecular complexity index is 1030. The lowest BCUT2D eigenvalue weighted by Gasteiger charge is -2.11. The van der Waals surface area contributed by atoms with Gasteiger partial charge in [0.1, 0.15) is 0 Å². The van der Waals surface area contributed by atoms with Gasteiger partial charge in [0.25, 0.3) is 11.8 Å². The number of methoxy groups -OCH3 is 1. The van der Waals surface area contributed by atoms with Gasteiger partial charge in [0.15, 0.2) is 5.75 Å². The lowest BCUT2D eigenvalue weighted by atomic mass is 10.1. The van der Waals surface area contributed by atoms with Crippen LogP contribution in [0.15, 0.2) is 36.8 Å². The van der Waals surface area contributed by atoms with Crippen molar-refractivity contribution in [1.29, 1.82) is 0 Å². The summed E-state index contributed by atoms with van der Waals surface area (Å²) in [6.07, 6.45) is 5.05. The minimum Gasteiger partial charge on any atom is -0.491 e. The first-order chi connectivity index (χ1) is 13.6. The molecule has 3 aromatic heterocycles. The molecule has 0 saturated heterocycles. The molecule has 144 valence electrons. The maximum atomic E-state index is 12.7. The van der Waals surface area contributed by atoms with Crippen LogP contribution in [0, 0.1) is 0 Å². The summed E-state index contributed by atoms with van der Waals surface area (Å²) in [5, 5.41) is 4.13. The first kappa shape index (κ1) is 17.9. The lowest BCUT2D eigenvalue weighted by Crippen LogP contribution is -2.22. The number of carbonyl (C=O) groups is 1. The van der Waals surface area contributed by atoms with Crippen molar-refractivity contribution >= 4 is 11.6 Å². The van der Waals surface area contributed by atoms with Gasteiger partial charge >= 0.3 is 0 Å². The number of amides is 1. The topological polar surface area (TPSA) is 108 Å². The predicted molar refractivity (Wildman–Crippen MR) is 102 cm³/mol. The fraction of sp³-hybridized carbons (Fsp3) is 0.263. The van der Waals surface area contributed by atoms with E-state index in [1.165, 1.54) is 0 Å². The molecule has 0 radical (unpaired) electrons. The fourth-order valence-electron chi connectivity index (χ4n) is 3.11. The number of hydrogen-bond acceptors (Lipinski definition) is 7. The Balaban J connectivity index is 1.64. The van der Waals surface area contributed by atoms with Crippen LogP contribution in [0.1, 0.15) is 23.0 Å². The van der Waals surface area contributed by atoms with Crippen molar-refractivity contribution in [3.8, 4) is 22.9 Å². The molecule has 1 aliphatic heterocycles. The van der Waals surface area contributed by atoms with Crippen molar-refractivity contribution in [2.24, 2.45) is 5.73 Å². The molecule has 2 N–H and O–H groups in total. The van der Waals surface area contributed by atoms with Crippen molar-refractivity contribution in [3.63, 3.8) is 0 Å². The second-order valence-electron chi connectivity index (χ2n) is 6.17. The summed E-state index contributed by atoms with van der Waals surface area (Å²) >= 11 is 0. The lowest BCUT2D eigenvalue weighted by molar-refractivity contribution is 0.0996. The summed E-state index contributed by atoms with van der Waals surface area (Å²) in [6.45, 7) is 3.01. The molecule has 0 fully saturated rings. The third-order valence-electron chi connectivity index (χ3n) is 4.49. The molecule has 0 bridgehead atoms. The number of hydrogen-bond donors (Lipinski definition) is 1. The highest BCUT2D eigenvalue weighted by atomic mass is 16.5. The van der Waals surface area contributed by atoms with Gasteiger partial charge in [-0.15, -0.1) is 0 Å². The van der Waals surface area contributed by atoms with Gasteiger partial charge in [-0.3, -0.25) is 19.4 Å². The van der Waals surface area contributed by atoms with E-state index >= 15 is 0 Å². The van der Waals surface area contributed by atoms with Gasteiger partial charge in [0, 0.05) is 11.8 Å². The number of ether oxygens (including phenoxy) is 2. The minimum atomic E-state index is -0.104. The second-order valence-corrected chi connectivity index (χ2v) is 6.17. The predicted octanol–water partition coefficient (Wildman–Crippen LogP) is 1.82. The van der Waals surface area contributed by atoms with Crippen LogP contribution >= 0.6 is 0 Å². The van der Waals surface area contributed by atoms with E-state index in [2.05, 4.69) is 15.1 Å². The molecule has 1 aliphatic rings. The van der Waals surface area contributed by atoms with Crippen LogP contribution in [0.5, 0.6) is 11.6 Å². The summed E-state index contributed by atoms with van der Waals surface area (Å²) in [7, 11) is 1.57. The maximum absolute atomic E-state index is 12.7. The number of rotatable bonds is 6. The normalized spacial score (nSPS) is 13.0. The molecule has 0 aromatic carbocycles. The van der Waals surface area contributed by atoms with Gasteiger partial charge in [-0.05, 0) is 25.1 Å². The Morgan fingerprint density at radius 3 is 2.86 bits per heavy atom. The Labute approximate surface area is 161 Å². The first-order valence-electron chi connectivity index (χ1n) is 8.86.